The van der Waals surface area contributed by atoms with E-state index in [2.05, 4.69) is 5.32 Å². The van der Waals surface area contributed by atoms with E-state index < -0.39 is 11.6 Å². The van der Waals surface area contributed by atoms with Gasteiger partial charge in [-0.25, -0.2) is 0 Å². The predicted octanol–water partition coefficient (Wildman–Crippen LogP) is 4.41. The van der Waals surface area contributed by atoms with Gasteiger partial charge in [0.25, 0.3) is 5.91 Å². The molecule has 6 heteroatoms. The maximum Gasteiger partial charge on any atom is 0.261 e. The lowest BCUT2D eigenvalue weighted by molar-refractivity contribution is -0.143. The Morgan fingerprint density at radius 2 is 1.69 bits per heavy atom. The quantitative estimate of drug-likeness (QED) is 0.627. The van der Waals surface area contributed by atoms with Gasteiger partial charge in [0, 0.05) is 12.1 Å². The highest BCUT2D eigenvalue weighted by Gasteiger charge is 2.31. The Balaban J connectivity index is 2.28. The third-order valence-electron chi connectivity index (χ3n) is 4.93. The van der Waals surface area contributed by atoms with Gasteiger partial charge in [0.2, 0.25) is 5.91 Å². The van der Waals surface area contributed by atoms with Crippen LogP contribution in [0.15, 0.2) is 42.5 Å². The molecule has 0 spiro atoms. The molecule has 1 unspecified atom stereocenters. The van der Waals surface area contributed by atoms with Crippen LogP contribution < -0.4 is 14.8 Å². The van der Waals surface area contributed by atoms with Crippen LogP contribution in [0.25, 0.3) is 0 Å². The van der Waals surface area contributed by atoms with E-state index in [4.69, 9.17) is 9.47 Å². The largest absolute Gasteiger partial charge is 0.497 e. The van der Waals surface area contributed by atoms with E-state index in [0.29, 0.717) is 17.9 Å². The lowest BCUT2D eigenvalue weighted by Crippen LogP contribution is -2.54. The van der Waals surface area contributed by atoms with Crippen LogP contribution >= 0.6 is 0 Å². The van der Waals surface area contributed by atoms with Crippen molar-refractivity contribution in [2.24, 2.45) is 0 Å². The summed E-state index contributed by atoms with van der Waals surface area (Å²) in [6, 6.07) is 12.7. The van der Waals surface area contributed by atoms with Crippen molar-refractivity contribution >= 4 is 11.8 Å². The third-order valence-corrected chi connectivity index (χ3v) is 4.93. The highest BCUT2D eigenvalue weighted by atomic mass is 16.5. The van der Waals surface area contributed by atoms with Gasteiger partial charge in [0.1, 0.15) is 17.5 Å². The number of hydrogen-bond donors (Lipinski definition) is 1. The molecule has 0 aliphatic rings. The molecule has 2 rings (SSSR count). The number of nitrogens with one attached hydrogen (secondary N) is 1. The number of methoxy groups -OCH3 is 1. The summed E-state index contributed by atoms with van der Waals surface area (Å²) in [5.74, 6) is 0.920. The van der Waals surface area contributed by atoms with Crippen LogP contribution in [0.3, 0.4) is 0 Å². The second kappa shape index (κ2) is 11.0. The first-order valence-corrected chi connectivity index (χ1v) is 11.0. The Hall–Kier alpha value is -3.02. The molecule has 2 amide bonds. The molecule has 0 bridgehead atoms. The fourth-order valence-corrected chi connectivity index (χ4v) is 3.58. The minimum absolute atomic E-state index is 0.147. The molecule has 6 nitrogen and oxygen atoms in total. The number of aryl methyl sites for hydroxylation is 2. The summed E-state index contributed by atoms with van der Waals surface area (Å²) in [6.07, 6.45) is 0.487. The summed E-state index contributed by atoms with van der Waals surface area (Å²) in [6.45, 7) is 11.8. The average molecular weight is 441 g/mol. The van der Waals surface area contributed by atoms with Crippen molar-refractivity contribution < 1.29 is 19.1 Å². The van der Waals surface area contributed by atoms with Crippen molar-refractivity contribution in [3.63, 3.8) is 0 Å². The normalized spacial score (nSPS) is 12.1. The fourth-order valence-electron chi connectivity index (χ4n) is 3.58. The van der Waals surface area contributed by atoms with Gasteiger partial charge in [-0.3, -0.25) is 9.59 Å². The number of ether oxygens (including phenoxy) is 2. The van der Waals surface area contributed by atoms with Gasteiger partial charge >= 0.3 is 0 Å². The molecule has 0 aromatic heterocycles. The van der Waals surface area contributed by atoms with Gasteiger partial charge in [-0.05, 0) is 82.0 Å². The lowest BCUT2D eigenvalue weighted by Gasteiger charge is -2.33. The van der Waals surface area contributed by atoms with E-state index in [1.165, 1.54) is 0 Å². The van der Waals surface area contributed by atoms with Gasteiger partial charge in [-0.1, -0.05) is 25.1 Å². The first-order chi connectivity index (χ1) is 15.0. The zero-order valence-electron chi connectivity index (χ0n) is 20.3. The Labute approximate surface area is 191 Å². The van der Waals surface area contributed by atoms with Crippen molar-refractivity contribution in [3.8, 4) is 11.5 Å². The zero-order valence-corrected chi connectivity index (χ0v) is 20.3. The predicted molar refractivity (Wildman–Crippen MR) is 127 cm³/mol. The Bertz CT molecular complexity index is 913. The molecule has 174 valence electrons. The number of hydrogen-bond acceptors (Lipinski definition) is 4. The van der Waals surface area contributed by atoms with E-state index >= 15 is 0 Å². The summed E-state index contributed by atoms with van der Waals surface area (Å²) in [5.41, 5.74) is 2.62. The Morgan fingerprint density at radius 1 is 1.03 bits per heavy atom. The topological polar surface area (TPSA) is 67.9 Å². The standard InChI is InChI=1S/C26H36N2O4/c1-8-23(25(30)27-26(4,5)6)28(16-20-10-9-11-21(15-20)31-7)24(29)17-32-22-13-18(2)12-19(3)14-22/h9-15,23H,8,16-17H2,1-7H3,(H,27,30). The number of amides is 2. The second-order valence-corrected chi connectivity index (χ2v) is 9.15. The van der Waals surface area contributed by atoms with Crippen molar-refractivity contribution in [1.29, 1.82) is 0 Å². The molecule has 0 saturated heterocycles. The molecule has 32 heavy (non-hydrogen) atoms. The van der Waals surface area contributed by atoms with Gasteiger partial charge in [0.05, 0.1) is 7.11 Å². The molecule has 0 aliphatic carbocycles. The van der Waals surface area contributed by atoms with Crippen molar-refractivity contribution in [3.05, 3.63) is 59.2 Å². The first kappa shape index (κ1) is 25.2. The molecule has 0 aliphatic heterocycles. The Morgan fingerprint density at radius 3 is 2.25 bits per heavy atom. The fraction of sp³-hybridized carbons (Fsp3) is 0.462. The number of carbonyl (C=O) groups is 2. The highest BCUT2D eigenvalue weighted by Crippen LogP contribution is 2.20. The van der Waals surface area contributed by atoms with Crippen molar-refractivity contribution in [1.82, 2.24) is 10.2 Å². The highest BCUT2D eigenvalue weighted by molar-refractivity contribution is 5.88. The average Bonchev–Trinajstić information content (AvgIpc) is 2.70. The molecule has 2 aromatic carbocycles. The molecule has 1 N–H and O–H groups in total. The molecule has 0 saturated carbocycles. The number of carbonyl (C=O) groups excluding carboxylic acids is 2. The molecule has 2 aromatic rings. The molecule has 0 fully saturated rings. The first-order valence-electron chi connectivity index (χ1n) is 11.0. The summed E-state index contributed by atoms with van der Waals surface area (Å²) in [4.78, 5) is 27.9. The summed E-state index contributed by atoms with van der Waals surface area (Å²) < 4.78 is 11.1. The van der Waals surface area contributed by atoms with Crippen LogP contribution in [0.2, 0.25) is 0 Å². The van der Waals surface area contributed by atoms with Crippen LogP contribution in [0.4, 0.5) is 0 Å². The molecule has 0 radical (unpaired) electrons. The molecular formula is C26H36N2O4. The van der Waals surface area contributed by atoms with Crippen LogP contribution in [0.5, 0.6) is 11.5 Å². The Kier molecular flexibility index (Phi) is 8.70. The maximum absolute atomic E-state index is 13.3. The van der Waals surface area contributed by atoms with Crippen molar-refractivity contribution in [2.45, 2.75) is 66.1 Å². The number of nitrogens with zero attached hydrogens (tertiary/aromatic N) is 1. The SMILES string of the molecule is CCC(C(=O)NC(C)(C)C)N(Cc1cccc(OC)c1)C(=O)COc1cc(C)cc(C)c1. The maximum atomic E-state index is 13.3. The monoisotopic (exact) mass is 440 g/mol. The number of benzene rings is 2. The molecular weight excluding hydrogens is 404 g/mol. The summed E-state index contributed by atoms with van der Waals surface area (Å²) in [7, 11) is 1.60. The van der Waals surface area contributed by atoms with Gasteiger partial charge < -0.3 is 19.7 Å². The summed E-state index contributed by atoms with van der Waals surface area (Å²) >= 11 is 0. The van der Waals surface area contributed by atoms with E-state index in [1.807, 2.05) is 84.0 Å². The molecule has 0 heterocycles. The van der Waals surface area contributed by atoms with Crippen molar-refractivity contribution in [2.75, 3.05) is 13.7 Å². The van der Waals surface area contributed by atoms with Crippen LogP contribution in [0, 0.1) is 13.8 Å². The zero-order chi connectivity index (χ0) is 23.9. The van der Waals surface area contributed by atoms with Crippen LogP contribution in [-0.4, -0.2) is 42.0 Å². The van der Waals surface area contributed by atoms with Gasteiger partial charge in [-0.15, -0.1) is 0 Å². The minimum atomic E-state index is -0.615. The van der Waals surface area contributed by atoms with Crippen LogP contribution in [0.1, 0.15) is 50.8 Å². The minimum Gasteiger partial charge on any atom is -0.497 e. The number of rotatable bonds is 9. The molecule has 1 atom stereocenters. The van der Waals surface area contributed by atoms with Gasteiger partial charge in [0.15, 0.2) is 6.61 Å². The smallest absolute Gasteiger partial charge is 0.261 e. The van der Waals surface area contributed by atoms with Crippen LogP contribution in [-0.2, 0) is 16.1 Å². The van der Waals surface area contributed by atoms with E-state index in [-0.39, 0.29) is 25.0 Å². The van der Waals surface area contributed by atoms with Gasteiger partial charge in [-0.2, -0.15) is 0 Å². The second-order valence-electron chi connectivity index (χ2n) is 9.15. The lowest BCUT2D eigenvalue weighted by atomic mass is 10.1. The summed E-state index contributed by atoms with van der Waals surface area (Å²) in [5, 5.41) is 3.00. The third kappa shape index (κ3) is 7.59. The van der Waals surface area contributed by atoms with E-state index in [1.54, 1.807) is 12.0 Å². The van der Waals surface area contributed by atoms with E-state index in [9.17, 15) is 9.59 Å². The van der Waals surface area contributed by atoms with E-state index in [0.717, 1.165) is 16.7 Å².